The minimum absolute atomic E-state index is 0.173. The highest BCUT2D eigenvalue weighted by molar-refractivity contribution is 5.21. The number of hydrogen-bond acceptors (Lipinski definition) is 3. The van der Waals surface area contributed by atoms with Crippen molar-refractivity contribution in [3.05, 3.63) is 47.5 Å². The van der Waals surface area contributed by atoms with Crippen molar-refractivity contribution in [3.8, 4) is 0 Å². The molecular formula is C16H23N3O. The van der Waals surface area contributed by atoms with Gasteiger partial charge in [-0.3, -0.25) is 4.68 Å². The number of benzene rings is 1. The Morgan fingerprint density at radius 3 is 2.60 bits per heavy atom. The van der Waals surface area contributed by atoms with E-state index in [9.17, 15) is 5.11 Å². The van der Waals surface area contributed by atoms with Crippen LogP contribution in [0.15, 0.2) is 30.6 Å². The van der Waals surface area contributed by atoms with Gasteiger partial charge in [0.15, 0.2) is 0 Å². The van der Waals surface area contributed by atoms with E-state index in [2.05, 4.69) is 48.2 Å². The van der Waals surface area contributed by atoms with Gasteiger partial charge in [-0.05, 0) is 31.2 Å². The fourth-order valence-corrected chi connectivity index (χ4v) is 2.36. The molecule has 108 valence electrons. The van der Waals surface area contributed by atoms with Crippen molar-refractivity contribution < 1.29 is 5.11 Å². The second kappa shape index (κ2) is 7.20. The Bertz CT molecular complexity index is 519. The van der Waals surface area contributed by atoms with E-state index in [0.717, 1.165) is 31.6 Å². The van der Waals surface area contributed by atoms with Crippen LogP contribution >= 0.6 is 0 Å². The summed E-state index contributed by atoms with van der Waals surface area (Å²) in [6.07, 6.45) is 4.28. The normalized spacial score (nSPS) is 12.6. The zero-order valence-corrected chi connectivity index (χ0v) is 12.3. The third kappa shape index (κ3) is 3.90. The van der Waals surface area contributed by atoms with Crippen LogP contribution in [0, 0.1) is 12.8 Å². The average Bonchev–Trinajstić information content (AvgIpc) is 2.88. The summed E-state index contributed by atoms with van der Waals surface area (Å²) in [5.74, 6) is 1.16. The molecule has 0 saturated carbocycles. The van der Waals surface area contributed by atoms with Crippen LogP contribution < -0.4 is 0 Å². The lowest BCUT2D eigenvalue weighted by Gasteiger charge is -2.14. The van der Waals surface area contributed by atoms with Gasteiger partial charge < -0.3 is 5.11 Å². The van der Waals surface area contributed by atoms with E-state index in [1.807, 2.05) is 4.68 Å². The third-order valence-corrected chi connectivity index (χ3v) is 3.51. The van der Waals surface area contributed by atoms with Crippen molar-refractivity contribution in [2.75, 3.05) is 6.61 Å². The monoisotopic (exact) mass is 273 g/mol. The Morgan fingerprint density at radius 2 is 1.95 bits per heavy atom. The van der Waals surface area contributed by atoms with Gasteiger partial charge in [-0.2, -0.15) is 5.10 Å². The molecular weight excluding hydrogens is 250 g/mol. The van der Waals surface area contributed by atoms with E-state index in [4.69, 9.17) is 0 Å². The van der Waals surface area contributed by atoms with E-state index in [1.54, 1.807) is 6.33 Å². The molecule has 0 amide bonds. The number of hydrogen-bond donors (Lipinski definition) is 1. The summed E-state index contributed by atoms with van der Waals surface area (Å²) in [7, 11) is 0. The molecule has 2 rings (SSSR count). The fraction of sp³-hybridized carbons (Fsp3) is 0.500. The number of aryl methyl sites for hydroxylation is 2. The van der Waals surface area contributed by atoms with Crippen molar-refractivity contribution in [3.63, 3.8) is 0 Å². The molecule has 0 saturated heterocycles. The highest BCUT2D eigenvalue weighted by Crippen LogP contribution is 2.14. The maximum atomic E-state index is 9.60. The van der Waals surface area contributed by atoms with Crippen molar-refractivity contribution in [2.45, 2.75) is 39.7 Å². The summed E-state index contributed by atoms with van der Waals surface area (Å²) in [5.41, 5.74) is 2.52. The first-order valence-electron chi connectivity index (χ1n) is 7.26. The molecule has 2 aromatic rings. The van der Waals surface area contributed by atoms with E-state index < -0.39 is 0 Å². The van der Waals surface area contributed by atoms with Gasteiger partial charge in [0.2, 0.25) is 0 Å². The summed E-state index contributed by atoms with van der Waals surface area (Å²) in [6, 6.07) is 8.50. The topological polar surface area (TPSA) is 50.9 Å². The smallest absolute Gasteiger partial charge is 0.138 e. The molecule has 1 aromatic heterocycles. The molecule has 1 N–H and O–H groups in total. The van der Waals surface area contributed by atoms with Gasteiger partial charge in [0.05, 0.1) is 0 Å². The Morgan fingerprint density at radius 1 is 1.20 bits per heavy atom. The molecule has 4 nitrogen and oxygen atoms in total. The molecule has 1 aromatic carbocycles. The lowest BCUT2D eigenvalue weighted by atomic mass is 9.96. The molecule has 0 aliphatic carbocycles. The van der Waals surface area contributed by atoms with Crippen molar-refractivity contribution in [1.29, 1.82) is 0 Å². The molecule has 1 unspecified atom stereocenters. The second-order valence-electron chi connectivity index (χ2n) is 5.34. The van der Waals surface area contributed by atoms with E-state index in [1.165, 1.54) is 11.1 Å². The molecule has 0 fully saturated rings. The van der Waals surface area contributed by atoms with Gasteiger partial charge >= 0.3 is 0 Å². The molecule has 0 radical (unpaired) electrons. The van der Waals surface area contributed by atoms with E-state index >= 15 is 0 Å². The van der Waals surface area contributed by atoms with Crippen molar-refractivity contribution in [1.82, 2.24) is 14.8 Å². The summed E-state index contributed by atoms with van der Waals surface area (Å²) in [6.45, 7) is 5.27. The van der Waals surface area contributed by atoms with Gasteiger partial charge in [-0.15, -0.1) is 0 Å². The predicted octanol–water partition coefficient (Wildman–Crippen LogP) is 2.39. The average molecular weight is 273 g/mol. The van der Waals surface area contributed by atoms with Gasteiger partial charge in [0.25, 0.3) is 0 Å². The zero-order valence-electron chi connectivity index (χ0n) is 12.3. The Labute approximate surface area is 120 Å². The summed E-state index contributed by atoms with van der Waals surface area (Å²) < 4.78 is 1.94. The predicted molar refractivity (Wildman–Crippen MR) is 79.5 cm³/mol. The Kier molecular flexibility index (Phi) is 5.30. The Hall–Kier alpha value is -1.68. The lowest BCUT2D eigenvalue weighted by molar-refractivity contribution is 0.221. The first-order valence-corrected chi connectivity index (χ1v) is 7.26. The maximum absolute atomic E-state index is 9.60. The van der Waals surface area contributed by atoms with Gasteiger partial charge in [-0.1, -0.05) is 36.8 Å². The highest BCUT2D eigenvalue weighted by Gasteiger charge is 2.13. The van der Waals surface area contributed by atoms with Gasteiger partial charge in [0, 0.05) is 19.6 Å². The molecule has 1 heterocycles. The third-order valence-electron chi connectivity index (χ3n) is 3.51. The van der Waals surface area contributed by atoms with E-state index in [0.29, 0.717) is 0 Å². The number of nitrogens with zero attached hydrogens (tertiary/aromatic N) is 3. The van der Waals surface area contributed by atoms with Crippen LogP contribution in [0.3, 0.4) is 0 Å². The van der Waals surface area contributed by atoms with Crippen LogP contribution in [0.4, 0.5) is 0 Å². The molecule has 1 atom stereocenters. The van der Waals surface area contributed by atoms with Crippen LogP contribution in [0.1, 0.15) is 30.3 Å². The van der Waals surface area contributed by atoms with Crippen LogP contribution in [0.25, 0.3) is 0 Å². The Balaban J connectivity index is 2.01. The van der Waals surface area contributed by atoms with Crippen LogP contribution in [0.5, 0.6) is 0 Å². The van der Waals surface area contributed by atoms with Crippen molar-refractivity contribution >= 4 is 0 Å². The maximum Gasteiger partial charge on any atom is 0.138 e. The first-order chi connectivity index (χ1) is 9.72. The summed E-state index contributed by atoms with van der Waals surface area (Å²) >= 11 is 0. The second-order valence-corrected chi connectivity index (χ2v) is 5.34. The molecule has 0 spiro atoms. The molecule has 0 aliphatic heterocycles. The minimum Gasteiger partial charge on any atom is -0.396 e. The van der Waals surface area contributed by atoms with Gasteiger partial charge in [-0.25, -0.2) is 4.98 Å². The molecule has 4 heteroatoms. The highest BCUT2D eigenvalue weighted by atomic mass is 16.3. The van der Waals surface area contributed by atoms with Crippen LogP contribution in [-0.2, 0) is 19.4 Å². The number of aliphatic hydroxyl groups excluding tert-OH is 1. The van der Waals surface area contributed by atoms with Crippen molar-refractivity contribution in [2.24, 2.45) is 5.92 Å². The largest absolute Gasteiger partial charge is 0.396 e. The van der Waals surface area contributed by atoms with E-state index in [-0.39, 0.29) is 12.5 Å². The standard InChI is InChI=1S/C16H23N3O/c1-3-8-19-16(17-12-18-19)10-15(11-20)9-14-6-4-13(2)5-7-14/h4-7,12,15,20H,3,8-11H2,1-2H3. The lowest BCUT2D eigenvalue weighted by Crippen LogP contribution is -2.17. The summed E-state index contributed by atoms with van der Waals surface area (Å²) in [5, 5.41) is 13.8. The zero-order chi connectivity index (χ0) is 14.4. The first kappa shape index (κ1) is 14.7. The number of rotatable bonds is 7. The minimum atomic E-state index is 0.173. The molecule has 20 heavy (non-hydrogen) atoms. The van der Waals surface area contributed by atoms with Crippen LogP contribution in [-0.4, -0.2) is 26.5 Å². The van der Waals surface area contributed by atoms with Crippen LogP contribution in [0.2, 0.25) is 0 Å². The summed E-state index contributed by atoms with van der Waals surface area (Å²) in [4.78, 5) is 4.32. The van der Waals surface area contributed by atoms with Gasteiger partial charge in [0.1, 0.15) is 12.2 Å². The molecule has 0 bridgehead atoms. The fourth-order valence-electron chi connectivity index (χ4n) is 2.36. The quantitative estimate of drug-likeness (QED) is 0.842. The number of aromatic nitrogens is 3. The number of aliphatic hydroxyl groups is 1. The SMILES string of the molecule is CCCn1ncnc1CC(CO)Cc1ccc(C)cc1. The molecule has 0 aliphatic rings.